The number of amides is 1. The van der Waals surface area contributed by atoms with Crippen molar-refractivity contribution in [1.29, 1.82) is 5.26 Å². The summed E-state index contributed by atoms with van der Waals surface area (Å²) < 4.78 is 2.56. The summed E-state index contributed by atoms with van der Waals surface area (Å²) in [6.07, 6.45) is 1.01. The zero-order valence-electron chi connectivity index (χ0n) is 19.1. The summed E-state index contributed by atoms with van der Waals surface area (Å²) in [5, 5.41) is 12.2. The van der Waals surface area contributed by atoms with Crippen molar-refractivity contribution >= 4 is 34.4 Å². The number of anilines is 1. The number of rotatable bonds is 8. The van der Waals surface area contributed by atoms with Crippen molar-refractivity contribution in [3.8, 4) is 6.07 Å². The maximum absolute atomic E-state index is 13.0. The smallest absolute Gasteiger partial charge is 0.325 e. The Balaban J connectivity index is 1.95. The van der Waals surface area contributed by atoms with Crippen LogP contribution in [-0.4, -0.2) is 30.8 Å². The predicted octanol–water partition coefficient (Wildman–Crippen LogP) is 2.82. The SMILES string of the molecule is CCCn1c(=O)n(C)c(=O)c2c(SCC(=O)Nc3ccc(CC#N)cc3)nc(C(C)C)nc21. The van der Waals surface area contributed by atoms with Gasteiger partial charge in [-0.15, -0.1) is 0 Å². The lowest BCUT2D eigenvalue weighted by molar-refractivity contribution is -0.113. The van der Waals surface area contributed by atoms with Gasteiger partial charge in [-0.25, -0.2) is 14.8 Å². The molecule has 0 saturated heterocycles. The highest BCUT2D eigenvalue weighted by Crippen LogP contribution is 2.25. The zero-order chi connectivity index (χ0) is 24.1. The Kier molecular flexibility index (Phi) is 7.66. The molecule has 0 atom stereocenters. The molecule has 0 aliphatic rings. The highest BCUT2D eigenvalue weighted by Gasteiger charge is 2.20. The van der Waals surface area contributed by atoms with Gasteiger partial charge in [-0.2, -0.15) is 5.26 Å². The molecule has 0 radical (unpaired) electrons. The van der Waals surface area contributed by atoms with E-state index >= 15 is 0 Å². The van der Waals surface area contributed by atoms with E-state index in [9.17, 15) is 14.4 Å². The van der Waals surface area contributed by atoms with Gasteiger partial charge < -0.3 is 5.32 Å². The van der Waals surface area contributed by atoms with E-state index in [-0.39, 0.29) is 23.0 Å². The van der Waals surface area contributed by atoms with Gasteiger partial charge in [-0.3, -0.25) is 18.7 Å². The number of carbonyl (C=O) groups excluding carboxylic acids is 1. The van der Waals surface area contributed by atoms with Gasteiger partial charge in [0.15, 0.2) is 5.65 Å². The molecule has 0 aliphatic heterocycles. The number of fused-ring (bicyclic) bond motifs is 1. The largest absolute Gasteiger partial charge is 0.332 e. The van der Waals surface area contributed by atoms with Crippen molar-refractivity contribution in [3.63, 3.8) is 0 Å². The van der Waals surface area contributed by atoms with E-state index in [1.807, 2.05) is 20.8 Å². The average molecular weight is 467 g/mol. The minimum absolute atomic E-state index is 0.0243. The lowest BCUT2D eigenvalue weighted by Gasteiger charge is -2.15. The second-order valence-electron chi connectivity index (χ2n) is 7.91. The van der Waals surface area contributed by atoms with E-state index < -0.39 is 11.2 Å². The van der Waals surface area contributed by atoms with E-state index in [2.05, 4.69) is 21.4 Å². The van der Waals surface area contributed by atoms with E-state index in [1.165, 1.54) is 11.6 Å². The Morgan fingerprint density at radius 1 is 1.21 bits per heavy atom. The molecule has 0 fully saturated rings. The molecule has 0 aliphatic carbocycles. The van der Waals surface area contributed by atoms with Crippen LogP contribution >= 0.6 is 11.8 Å². The lowest BCUT2D eigenvalue weighted by atomic mass is 10.1. The number of aromatic nitrogens is 4. The first-order valence-corrected chi connectivity index (χ1v) is 11.6. The van der Waals surface area contributed by atoms with Crippen LogP contribution in [0.1, 0.15) is 44.5 Å². The molecular weight excluding hydrogens is 440 g/mol. The maximum Gasteiger partial charge on any atom is 0.332 e. The van der Waals surface area contributed by atoms with Gasteiger partial charge in [0.2, 0.25) is 5.91 Å². The molecule has 1 aromatic carbocycles. The minimum Gasteiger partial charge on any atom is -0.325 e. The molecule has 3 rings (SSSR count). The average Bonchev–Trinajstić information content (AvgIpc) is 2.79. The molecule has 1 amide bonds. The van der Waals surface area contributed by atoms with Gasteiger partial charge in [0.05, 0.1) is 18.2 Å². The van der Waals surface area contributed by atoms with E-state index in [0.717, 1.165) is 21.9 Å². The monoisotopic (exact) mass is 466 g/mol. The first-order chi connectivity index (χ1) is 15.8. The molecule has 9 nitrogen and oxygen atoms in total. The summed E-state index contributed by atoms with van der Waals surface area (Å²) in [6, 6.07) is 9.14. The molecule has 172 valence electrons. The molecule has 10 heteroatoms. The van der Waals surface area contributed by atoms with Gasteiger partial charge in [0, 0.05) is 25.2 Å². The molecule has 33 heavy (non-hydrogen) atoms. The number of hydrogen-bond acceptors (Lipinski definition) is 7. The fourth-order valence-electron chi connectivity index (χ4n) is 3.27. The highest BCUT2D eigenvalue weighted by molar-refractivity contribution is 8.00. The summed E-state index contributed by atoms with van der Waals surface area (Å²) in [7, 11) is 1.43. The number of carbonyl (C=O) groups is 1. The normalized spacial score (nSPS) is 11.0. The Morgan fingerprint density at radius 3 is 2.52 bits per heavy atom. The minimum atomic E-state index is -0.478. The number of nitrogens with one attached hydrogen (secondary N) is 1. The van der Waals surface area contributed by atoms with Crippen LogP contribution in [0.5, 0.6) is 0 Å². The quantitative estimate of drug-likeness (QED) is 0.400. The van der Waals surface area contributed by atoms with Crippen LogP contribution in [0.4, 0.5) is 5.69 Å². The Labute approximate surface area is 195 Å². The molecule has 2 heterocycles. The van der Waals surface area contributed by atoms with Crippen LogP contribution in [0.25, 0.3) is 11.0 Å². The van der Waals surface area contributed by atoms with Gasteiger partial charge >= 0.3 is 5.69 Å². The van der Waals surface area contributed by atoms with Gasteiger partial charge in [0.1, 0.15) is 16.2 Å². The van der Waals surface area contributed by atoms with Gasteiger partial charge in [0.25, 0.3) is 5.56 Å². The van der Waals surface area contributed by atoms with Crippen LogP contribution < -0.4 is 16.6 Å². The Bertz CT molecular complexity index is 1340. The van der Waals surface area contributed by atoms with Crippen LogP contribution in [0.3, 0.4) is 0 Å². The first-order valence-electron chi connectivity index (χ1n) is 10.7. The number of aryl methyl sites for hydroxylation is 1. The van der Waals surface area contributed by atoms with Crippen molar-refractivity contribution in [3.05, 3.63) is 56.5 Å². The molecule has 0 spiro atoms. The molecule has 0 unspecified atom stereocenters. The van der Waals surface area contributed by atoms with Crippen LogP contribution in [0.2, 0.25) is 0 Å². The van der Waals surface area contributed by atoms with E-state index in [0.29, 0.717) is 41.6 Å². The van der Waals surface area contributed by atoms with E-state index in [1.54, 1.807) is 24.3 Å². The van der Waals surface area contributed by atoms with Gasteiger partial charge in [-0.05, 0) is 24.1 Å². The summed E-state index contributed by atoms with van der Waals surface area (Å²) in [5.41, 5.74) is 0.891. The van der Waals surface area contributed by atoms with Crippen molar-refractivity contribution in [2.75, 3.05) is 11.1 Å². The maximum atomic E-state index is 13.0. The topological polar surface area (TPSA) is 123 Å². The molecule has 1 N–H and O–H groups in total. The zero-order valence-corrected chi connectivity index (χ0v) is 19.9. The number of nitriles is 1. The Morgan fingerprint density at radius 2 is 1.91 bits per heavy atom. The number of hydrogen-bond donors (Lipinski definition) is 1. The van der Waals surface area contributed by atoms with E-state index in [4.69, 9.17) is 5.26 Å². The fourth-order valence-corrected chi connectivity index (χ4v) is 4.09. The van der Waals surface area contributed by atoms with Crippen molar-refractivity contribution in [2.45, 2.75) is 51.1 Å². The molecule has 2 aromatic heterocycles. The van der Waals surface area contributed by atoms with Crippen molar-refractivity contribution in [1.82, 2.24) is 19.1 Å². The van der Waals surface area contributed by atoms with Crippen LogP contribution in [0, 0.1) is 11.3 Å². The number of benzene rings is 1. The second-order valence-corrected chi connectivity index (χ2v) is 8.87. The van der Waals surface area contributed by atoms with Crippen LogP contribution in [-0.2, 0) is 24.8 Å². The summed E-state index contributed by atoms with van der Waals surface area (Å²) in [6.45, 7) is 6.23. The fraction of sp³-hybridized carbons (Fsp3) is 0.391. The van der Waals surface area contributed by atoms with Crippen LogP contribution in [0.15, 0.2) is 38.9 Å². The third kappa shape index (κ3) is 5.31. The molecule has 3 aromatic rings. The lowest BCUT2D eigenvalue weighted by Crippen LogP contribution is -2.39. The number of nitrogens with zero attached hydrogens (tertiary/aromatic N) is 5. The molecule has 0 saturated carbocycles. The van der Waals surface area contributed by atoms with Crippen molar-refractivity contribution < 1.29 is 4.79 Å². The highest BCUT2D eigenvalue weighted by atomic mass is 32.2. The predicted molar refractivity (Wildman–Crippen MR) is 129 cm³/mol. The summed E-state index contributed by atoms with van der Waals surface area (Å²) >= 11 is 1.14. The third-order valence-electron chi connectivity index (χ3n) is 4.99. The first kappa shape index (κ1) is 24.2. The third-order valence-corrected chi connectivity index (χ3v) is 5.97. The second kappa shape index (κ2) is 10.4. The van der Waals surface area contributed by atoms with Crippen molar-refractivity contribution in [2.24, 2.45) is 7.05 Å². The molecule has 0 bridgehead atoms. The summed E-state index contributed by atoms with van der Waals surface area (Å²) in [4.78, 5) is 47.3. The summed E-state index contributed by atoms with van der Waals surface area (Å²) in [5.74, 6) is 0.254. The Hall–Kier alpha value is -3.45. The standard InChI is InChI=1S/C23H26N6O3S/c1-5-12-29-20-18(22(31)28(4)23(29)32)21(27-19(26-20)14(2)3)33-13-17(30)25-16-8-6-15(7-9-16)10-11-24/h6-9,14H,5,10,12-13H2,1-4H3,(H,25,30). The van der Waals surface area contributed by atoms with Gasteiger partial charge in [-0.1, -0.05) is 44.7 Å². The molecular formula is C23H26N6O3S. The number of thioether (sulfide) groups is 1.